The van der Waals surface area contributed by atoms with Crippen molar-refractivity contribution in [3.8, 4) is 5.69 Å². The van der Waals surface area contributed by atoms with E-state index in [1.165, 1.54) is 22.4 Å². The maximum absolute atomic E-state index is 12.8. The van der Waals surface area contributed by atoms with Gasteiger partial charge in [0.25, 0.3) is 5.56 Å². The summed E-state index contributed by atoms with van der Waals surface area (Å²) in [5.74, 6) is -0.573. The fourth-order valence-corrected chi connectivity index (χ4v) is 2.76. The number of ether oxygens (including phenoxy) is 1. The van der Waals surface area contributed by atoms with Gasteiger partial charge in [-0.25, -0.2) is 9.31 Å². The molecule has 3 aromatic heterocycles. The Bertz CT molecular complexity index is 1200. The van der Waals surface area contributed by atoms with E-state index in [0.717, 1.165) is 0 Å². The van der Waals surface area contributed by atoms with Crippen LogP contribution in [0.4, 0.5) is 0 Å². The third-order valence-electron chi connectivity index (χ3n) is 3.75. The maximum Gasteiger partial charge on any atom is 0.343 e. The first kappa shape index (κ1) is 15.3. The molecule has 0 aliphatic heterocycles. The van der Waals surface area contributed by atoms with Gasteiger partial charge < -0.3 is 4.74 Å². The van der Waals surface area contributed by atoms with Gasteiger partial charge in [0, 0.05) is 11.2 Å². The van der Waals surface area contributed by atoms with Crippen LogP contribution < -0.4 is 5.56 Å². The molecule has 8 nitrogen and oxygen atoms in total. The van der Waals surface area contributed by atoms with E-state index >= 15 is 0 Å². The summed E-state index contributed by atoms with van der Waals surface area (Å²) in [5, 5.41) is 12.6. The van der Waals surface area contributed by atoms with Crippen LogP contribution >= 0.6 is 11.6 Å². The number of rotatable bonds is 2. The van der Waals surface area contributed by atoms with Crippen LogP contribution in [0.1, 0.15) is 10.4 Å². The Morgan fingerprint density at radius 2 is 2.08 bits per heavy atom. The molecule has 0 aliphatic rings. The number of benzene rings is 1. The molecule has 0 spiro atoms. The molecule has 0 atom stereocenters. The van der Waals surface area contributed by atoms with E-state index in [9.17, 15) is 9.59 Å². The summed E-state index contributed by atoms with van der Waals surface area (Å²) in [6.07, 6.45) is 2.93. The molecule has 4 aromatic rings. The second kappa shape index (κ2) is 5.67. The number of carbonyl (C=O) groups excluding carboxylic acids is 1. The first-order chi connectivity index (χ1) is 12.1. The SMILES string of the molecule is COC(=O)c1cnn2c1nnc1c(=O)n(-c3cccc(Cl)c3)ccc12. The third kappa shape index (κ3) is 2.34. The fourth-order valence-electron chi connectivity index (χ4n) is 2.58. The number of pyridine rings is 1. The van der Waals surface area contributed by atoms with Crippen molar-refractivity contribution < 1.29 is 9.53 Å². The van der Waals surface area contributed by atoms with Gasteiger partial charge in [-0.2, -0.15) is 5.10 Å². The molecule has 0 fully saturated rings. The fraction of sp³-hybridized carbons (Fsp3) is 0.0625. The Morgan fingerprint density at radius 3 is 2.84 bits per heavy atom. The van der Waals surface area contributed by atoms with Crippen LogP contribution in [0, 0.1) is 0 Å². The van der Waals surface area contributed by atoms with E-state index in [0.29, 0.717) is 16.2 Å². The Morgan fingerprint density at radius 1 is 1.24 bits per heavy atom. The van der Waals surface area contributed by atoms with E-state index in [4.69, 9.17) is 11.6 Å². The lowest BCUT2D eigenvalue weighted by Crippen LogP contribution is -2.20. The Labute approximate surface area is 145 Å². The number of hydrogen-bond donors (Lipinski definition) is 0. The van der Waals surface area contributed by atoms with Gasteiger partial charge in [-0.3, -0.25) is 9.36 Å². The predicted molar refractivity (Wildman–Crippen MR) is 90.2 cm³/mol. The largest absolute Gasteiger partial charge is 0.465 e. The number of methoxy groups -OCH3 is 1. The number of hydrogen-bond acceptors (Lipinski definition) is 6. The molecule has 124 valence electrons. The van der Waals surface area contributed by atoms with Crippen molar-refractivity contribution in [2.24, 2.45) is 0 Å². The van der Waals surface area contributed by atoms with E-state index in [-0.39, 0.29) is 22.3 Å². The summed E-state index contributed by atoms with van der Waals surface area (Å²) >= 11 is 5.99. The van der Waals surface area contributed by atoms with Gasteiger partial charge in [-0.05, 0) is 24.3 Å². The lowest BCUT2D eigenvalue weighted by atomic mass is 10.3. The van der Waals surface area contributed by atoms with Crippen LogP contribution in [0.2, 0.25) is 5.02 Å². The third-order valence-corrected chi connectivity index (χ3v) is 3.99. The normalized spacial score (nSPS) is 11.1. The van der Waals surface area contributed by atoms with Crippen LogP contribution in [-0.4, -0.2) is 37.5 Å². The summed E-state index contributed by atoms with van der Waals surface area (Å²) in [7, 11) is 1.27. The van der Waals surface area contributed by atoms with E-state index in [2.05, 4.69) is 20.0 Å². The Kier molecular flexibility index (Phi) is 3.47. The van der Waals surface area contributed by atoms with Gasteiger partial charge in [0.05, 0.1) is 19.0 Å². The van der Waals surface area contributed by atoms with Crippen molar-refractivity contribution >= 4 is 34.3 Å². The van der Waals surface area contributed by atoms with Crippen molar-refractivity contribution in [1.29, 1.82) is 0 Å². The lowest BCUT2D eigenvalue weighted by molar-refractivity contribution is 0.0602. The summed E-state index contributed by atoms with van der Waals surface area (Å²) < 4.78 is 7.49. The average Bonchev–Trinajstić information content (AvgIpc) is 3.06. The minimum Gasteiger partial charge on any atom is -0.465 e. The minimum atomic E-state index is -0.573. The van der Waals surface area contributed by atoms with Gasteiger partial charge in [0.1, 0.15) is 11.1 Å². The highest BCUT2D eigenvalue weighted by Crippen LogP contribution is 2.16. The summed E-state index contributed by atoms with van der Waals surface area (Å²) in [6, 6.07) is 8.57. The second-order valence-electron chi connectivity index (χ2n) is 5.19. The molecule has 0 unspecified atom stereocenters. The molecule has 0 N–H and O–H groups in total. The quantitative estimate of drug-likeness (QED) is 0.510. The van der Waals surface area contributed by atoms with E-state index < -0.39 is 5.97 Å². The number of carbonyl (C=O) groups is 1. The number of halogens is 1. The van der Waals surface area contributed by atoms with Crippen LogP contribution in [0.5, 0.6) is 0 Å². The van der Waals surface area contributed by atoms with Gasteiger partial charge in [-0.15, -0.1) is 10.2 Å². The van der Waals surface area contributed by atoms with Gasteiger partial charge in [0.15, 0.2) is 11.2 Å². The first-order valence-electron chi connectivity index (χ1n) is 7.20. The zero-order valence-corrected chi connectivity index (χ0v) is 13.6. The molecule has 0 radical (unpaired) electrons. The van der Waals surface area contributed by atoms with Crippen LogP contribution in [0.25, 0.3) is 22.4 Å². The van der Waals surface area contributed by atoms with Crippen LogP contribution in [0.15, 0.2) is 47.5 Å². The van der Waals surface area contributed by atoms with Crippen LogP contribution in [0.3, 0.4) is 0 Å². The molecule has 0 saturated heterocycles. The summed E-state index contributed by atoms with van der Waals surface area (Å²) in [4.78, 5) is 24.5. The smallest absolute Gasteiger partial charge is 0.343 e. The molecule has 0 amide bonds. The van der Waals surface area contributed by atoms with Gasteiger partial charge in [-0.1, -0.05) is 17.7 Å². The molecule has 0 saturated carbocycles. The zero-order chi connectivity index (χ0) is 17.6. The van der Waals surface area contributed by atoms with Crippen LogP contribution in [-0.2, 0) is 4.74 Å². The minimum absolute atomic E-state index is 0.120. The molecule has 0 bridgehead atoms. The highest BCUT2D eigenvalue weighted by Gasteiger charge is 2.18. The number of aromatic nitrogens is 5. The van der Waals surface area contributed by atoms with Crippen molar-refractivity contribution in [1.82, 2.24) is 24.4 Å². The number of nitrogens with zero attached hydrogens (tertiary/aromatic N) is 5. The Hall–Kier alpha value is -3.26. The molecule has 9 heteroatoms. The summed E-state index contributed by atoms with van der Waals surface area (Å²) in [5.41, 5.74) is 1.19. The zero-order valence-electron chi connectivity index (χ0n) is 12.9. The highest BCUT2D eigenvalue weighted by molar-refractivity contribution is 6.30. The molecule has 4 rings (SSSR count). The van der Waals surface area contributed by atoms with Gasteiger partial charge in [0.2, 0.25) is 0 Å². The Balaban J connectivity index is 1.98. The number of fused-ring (bicyclic) bond motifs is 3. The topological polar surface area (TPSA) is 91.4 Å². The maximum atomic E-state index is 12.8. The average molecular weight is 356 g/mol. The van der Waals surface area contributed by atoms with Crippen molar-refractivity contribution in [2.45, 2.75) is 0 Å². The van der Waals surface area contributed by atoms with Gasteiger partial charge >= 0.3 is 5.97 Å². The highest BCUT2D eigenvalue weighted by atomic mass is 35.5. The monoisotopic (exact) mass is 355 g/mol. The molecule has 25 heavy (non-hydrogen) atoms. The predicted octanol–water partition coefficient (Wildman–Crippen LogP) is 1.87. The first-order valence-corrected chi connectivity index (χ1v) is 7.58. The molecule has 3 heterocycles. The molecular weight excluding hydrogens is 346 g/mol. The van der Waals surface area contributed by atoms with Crippen molar-refractivity contribution in [3.05, 3.63) is 63.7 Å². The molecule has 1 aromatic carbocycles. The van der Waals surface area contributed by atoms with Crippen molar-refractivity contribution in [3.63, 3.8) is 0 Å². The second-order valence-corrected chi connectivity index (χ2v) is 5.63. The number of esters is 1. The van der Waals surface area contributed by atoms with E-state index in [1.807, 2.05) is 0 Å². The molecular formula is C16H10ClN5O3. The summed E-state index contributed by atoms with van der Waals surface area (Å²) in [6.45, 7) is 0. The van der Waals surface area contributed by atoms with E-state index in [1.54, 1.807) is 36.5 Å². The van der Waals surface area contributed by atoms with Crippen molar-refractivity contribution in [2.75, 3.05) is 7.11 Å². The lowest BCUT2D eigenvalue weighted by Gasteiger charge is -2.07. The molecule has 0 aliphatic carbocycles. The standard InChI is InChI=1S/C16H10ClN5O3/c1-25-16(24)11-8-18-22-12-5-6-21(10-4-2-3-9(17)7-10)15(23)13(12)19-20-14(11)22/h2-8H,1H3.